The first-order valence-electron chi connectivity index (χ1n) is 21.4. The number of amides is 1. The Morgan fingerprint density at radius 2 is 1.21 bits per heavy atom. The number of esters is 2. The highest BCUT2D eigenvalue weighted by Gasteiger charge is 2.33. The van der Waals surface area contributed by atoms with Crippen molar-refractivity contribution in [3.63, 3.8) is 0 Å². The van der Waals surface area contributed by atoms with Crippen LogP contribution in [0.4, 0.5) is 0 Å². The Kier molecular flexibility index (Phi) is 36.8. The van der Waals surface area contributed by atoms with Gasteiger partial charge in [-0.25, -0.2) is 0 Å². The lowest BCUT2D eigenvalue weighted by Crippen LogP contribution is -2.35. The number of Topliss-reactive ketones (excluding diaryl/α,β-unsaturated/α-hetero) is 3. The summed E-state index contributed by atoms with van der Waals surface area (Å²) in [5, 5.41) is 21.2. The van der Waals surface area contributed by atoms with Crippen LogP contribution < -0.4 is 16.8 Å². The summed E-state index contributed by atoms with van der Waals surface area (Å²) in [5.74, 6) is -1.42. The van der Waals surface area contributed by atoms with Gasteiger partial charge in [0.05, 0.1) is 38.2 Å². The highest BCUT2D eigenvalue weighted by Crippen LogP contribution is 2.41. The van der Waals surface area contributed by atoms with E-state index in [9.17, 15) is 38.4 Å². The zero-order valence-electron chi connectivity index (χ0n) is 36.9. The van der Waals surface area contributed by atoms with Gasteiger partial charge in [-0.05, 0) is 71.3 Å². The lowest BCUT2D eigenvalue weighted by atomic mass is 9.97. The third-order valence-corrected chi connectivity index (χ3v) is 15.7. The zero-order chi connectivity index (χ0) is 47.0. The summed E-state index contributed by atoms with van der Waals surface area (Å²) < 4.78 is 23.3. The number of hydrogen-bond acceptors (Lipinski definition) is 16. The molecular formula is C40H73N3O12P2S4. The van der Waals surface area contributed by atoms with Gasteiger partial charge in [-0.15, -0.1) is 47.0 Å². The molecule has 0 heterocycles. The quantitative estimate of drug-likeness (QED) is 0.0314. The van der Waals surface area contributed by atoms with Gasteiger partial charge in [-0.2, -0.15) is 0 Å². The van der Waals surface area contributed by atoms with Gasteiger partial charge >= 0.3 is 23.9 Å². The Hall–Kier alpha value is -1.46. The average molecular weight is 982 g/mol. The molecule has 0 aromatic carbocycles. The number of rotatable bonds is 32. The number of unbranched alkanes of at least 4 members (excludes halogenated alkanes) is 3. The number of thioether (sulfide) groups is 4. The standard InChI is InChI=1S/C21H36NO5PS2.C10H21N2O3P.C8H12O4S2.CH4/c1-3-16(21(26)22-11-20(25)27-14-28)7-5-4-6-8-17(24)13-30-19-10-9-18(19)29-12-15(2)23;11-6-2-1-3-8(12)9(13)4-5-10(14)15-7-16;9-7(10)3-13-5-1-2-6(5)14-4-8(11)12;/h16,18-19H,3-14,28H2,1-2H3,(H,22,26);8H,1-7,11-12,16H2;5-6H,1-4H2,(H,9,10)(H,11,12);1H4/t16-,18?,19?;8-;;/m00../s1/i14T;7T;;/t14?,16-,18?,19?;7?,8-;;. The molecule has 0 aromatic heterocycles. The number of aliphatic carboxylic acids is 2. The van der Waals surface area contributed by atoms with Crippen LogP contribution in [0.3, 0.4) is 0 Å². The van der Waals surface area contributed by atoms with Gasteiger partial charge in [-0.3, -0.25) is 38.4 Å². The SMILES string of the molecule is C.O=C(O)CSC1CCC1SCC(=O)O.[3H]C(P)OC(=O)CCC(=O)[C@@H](N)CCCCN.[3H]C(P)OC(=O)CNC(=O)[C@@H](CC)CCCCCC(=O)CSC1CCC1SCC(C)=O. The molecule has 0 aromatic rings. The summed E-state index contributed by atoms with van der Waals surface area (Å²) in [4.78, 5) is 90.0. The number of carbonyl (C=O) groups excluding carboxylic acids is 6. The van der Waals surface area contributed by atoms with Crippen molar-refractivity contribution >= 4 is 113 Å². The van der Waals surface area contributed by atoms with Crippen molar-refractivity contribution in [2.75, 3.05) is 48.7 Å². The second kappa shape index (κ2) is 39.0. The van der Waals surface area contributed by atoms with Crippen LogP contribution in [0.5, 0.6) is 0 Å². The molecule has 8 unspecified atom stereocenters. The molecule has 0 bridgehead atoms. The van der Waals surface area contributed by atoms with Gasteiger partial charge in [0.1, 0.15) is 36.5 Å². The van der Waals surface area contributed by atoms with Gasteiger partial charge in [-0.1, -0.05) is 52.1 Å². The van der Waals surface area contributed by atoms with Crippen LogP contribution in [0.2, 0.25) is 0 Å². The maximum Gasteiger partial charge on any atom is 0.325 e. The predicted molar refractivity (Wildman–Crippen MR) is 257 cm³/mol. The highest BCUT2D eigenvalue weighted by molar-refractivity contribution is 8.05. The average Bonchev–Trinajstić information content (AvgIpc) is 3.16. The smallest absolute Gasteiger partial charge is 0.325 e. The molecule has 1 amide bonds. The van der Waals surface area contributed by atoms with Crippen molar-refractivity contribution in [2.45, 2.75) is 145 Å². The molecule has 15 nitrogen and oxygen atoms in total. The number of ether oxygens (including phenoxy) is 2. The summed E-state index contributed by atoms with van der Waals surface area (Å²) in [6.07, 6.45) is 9.17. The Balaban J connectivity index is 0. The first-order chi connectivity index (χ1) is 29.3. The van der Waals surface area contributed by atoms with Crippen LogP contribution in [0.25, 0.3) is 0 Å². The normalized spacial score (nSPS) is 19.8. The number of carboxylic acid groups (broad SMARTS) is 2. The van der Waals surface area contributed by atoms with Crippen LogP contribution in [0.1, 0.15) is 120 Å². The molecule has 61 heavy (non-hydrogen) atoms. The molecule has 2 aliphatic carbocycles. The lowest BCUT2D eigenvalue weighted by Gasteiger charge is -2.35. The Labute approximate surface area is 387 Å². The van der Waals surface area contributed by atoms with Crippen molar-refractivity contribution < 1.29 is 60.8 Å². The number of ketones is 3. The summed E-state index contributed by atoms with van der Waals surface area (Å²) >= 11 is 6.29. The minimum absolute atomic E-state index is 0. The van der Waals surface area contributed by atoms with E-state index in [1.165, 1.54) is 23.5 Å². The summed E-state index contributed by atoms with van der Waals surface area (Å²) in [7, 11) is 4.07. The monoisotopic (exact) mass is 981 g/mol. The predicted octanol–water partition coefficient (Wildman–Crippen LogP) is 5.57. The third-order valence-electron chi connectivity index (χ3n) is 9.24. The zero-order valence-corrected chi connectivity index (χ0v) is 40.5. The van der Waals surface area contributed by atoms with Crippen molar-refractivity contribution in [1.29, 1.82) is 0 Å². The van der Waals surface area contributed by atoms with Gasteiger partial charge < -0.3 is 36.5 Å². The topological polar surface area (TPSA) is 260 Å². The number of hydrogen-bond donors (Lipinski definition) is 5. The minimum atomic E-state index is -1.02. The van der Waals surface area contributed by atoms with Crippen molar-refractivity contribution in [3.05, 3.63) is 0 Å². The van der Waals surface area contributed by atoms with Crippen LogP contribution in [-0.4, -0.2) is 133 Å². The maximum atomic E-state index is 12.2. The molecule has 2 saturated carbocycles. The van der Waals surface area contributed by atoms with E-state index < -0.39 is 42.6 Å². The van der Waals surface area contributed by atoms with E-state index in [1.807, 2.05) is 25.4 Å². The number of carboxylic acids is 2. The molecule has 0 radical (unpaired) electrons. The molecule has 0 aliphatic heterocycles. The fourth-order valence-corrected chi connectivity index (χ4v) is 11.1. The molecule has 0 spiro atoms. The number of nitrogens with one attached hydrogen (secondary N) is 1. The molecular weight excluding hydrogens is 905 g/mol. The molecule has 10 atom stereocenters. The molecule has 2 rings (SSSR count). The molecule has 2 fully saturated rings. The molecule has 354 valence electrons. The van der Waals surface area contributed by atoms with E-state index in [0.29, 0.717) is 58.3 Å². The van der Waals surface area contributed by atoms with E-state index in [0.717, 1.165) is 64.2 Å². The first kappa shape index (κ1) is 57.6. The van der Waals surface area contributed by atoms with E-state index >= 15 is 0 Å². The molecule has 0 saturated heterocycles. The summed E-state index contributed by atoms with van der Waals surface area (Å²) in [5.41, 5.74) is 11.0. The Morgan fingerprint density at radius 3 is 1.67 bits per heavy atom. The van der Waals surface area contributed by atoms with Crippen molar-refractivity contribution in [2.24, 2.45) is 17.4 Å². The second-order valence-electron chi connectivity index (χ2n) is 14.1. The summed E-state index contributed by atoms with van der Waals surface area (Å²) in [6.45, 7) is 3.92. The van der Waals surface area contributed by atoms with Crippen LogP contribution in [0, 0.1) is 5.92 Å². The third kappa shape index (κ3) is 32.8. The number of nitrogens with two attached hydrogens (primary N) is 2. The fraction of sp³-hybridized carbons (Fsp3) is 0.800. The van der Waals surface area contributed by atoms with Crippen LogP contribution >= 0.6 is 65.5 Å². The Morgan fingerprint density at radius 1 is 0.721 bits per heavy atom. The fourth-order valence-electron chi connectivity index (χ4n) is 5.54. The van der Waals surface area contributed by atoms with Gasteiger partial charge in [0.2, 0.25) is 5.91 Å². The van der Waals surface area contributed by atoms with E-state index in [1.54, 1.807) is 30.4 Å². The molecule has 2 aliphatic rings. The van der Waals surface area contributed by atoms with Crippen molar-refractivity contribution in [1.82, 2.24) is 5.32 Å². The Bertz CT molecular complexity index is 1370. The van der Waals surface area contributed by atoms with E-state index in [2.05, 4.69) is 14.8 Å². The minimum Gasteiger partial charge on any atom is -0.481 e. The highest BCUT2D eigenvalue weighted by atomic mass is 32.2. The largest absolute Gasteiger partial charge is 0.481 e. The van der Waals surface area contributed by atoms with Crippen LogP contribution in [-0.2, 0) is 47.8 Å². The van der Waals surface area contributed by atoms with Gasteiger partial charge in [0.25, 0.3) is 0 Å². The summed E-state index contributed by atoms with van der Waals surface area (Å²) in [6, 6.07) is -0.530. The number of carbonyl (C=O) groups is 8. The second-order valence-corrected chi connectivity index (χ2v) is 19.6. The first-order valence-corrected chi connectivity index (χ1v) is 25.7. The molecule has 7 N–H and O–H groups in total. The van der Waals surface area contributed by atoms with E-state index in [-0.39, 0.29) is 67.5 Å². The molecule has 21 heteroatoms. The lowest BCUT2D eigenvalue weighted by molar-refractivity contribution is -0.143. The maximum absolute atomic E-state index is 12.2. The van der Waals surface area contributed by atoms with Crippen molar-refractivity contribution in [3.8, 4) is 0 Å². The van der Waals surface area contributed by atoms with Gasteiger partial charge in [0.15, 0.2) is 0 Å². The van der Waals surface area contributed by atoms with Crippen LogP contribution in [0.15, 0.2) is 0 Å². The van der Waals surface area contributed by atoms with Gasteiger partial charge in [0, 0.05) is 39.8 Å². The van der Waals surface area contributed by atoms with E-state index in [4.69, 9.17) is 24.4 Å².